The Labute approximate surface area is 190 Å². The van der Waals surface area contributed by atoms with Gasteiger partial charge in [0.1, 0.15) is 16.2 Å². The number of ether oxygens (including phenoxy) is 1. The lowest BCUT2D eigenvalue weighted by atomic mass is 10.1. The molecular formula is C23H17N3O4S2. The zero-order valence-electron chi connectivity index (χ0n) is 16.9. The van der Waals surface area contributed by atoms with E-state index in [2.05, 4.69) is 4.98 Å². The predicted molar refractivity (Wildman–Crippen MR) is 128 cm³/mol. The van der Waals surface area contributed by atoms with Crippen molar-refractivity contribution in [3.05, 3.63) is 86.3 Å². The average molecular weight is 464 g/mol. The molecule has 0 bridgehead atoms. The highest BCUT2D eigenvalue weighted by atomic mass is 32.2. The Morgan fingerprint density at radius 1 is 1.16 bits per heavy atom. The number of thioether (sulfide) groups is 1. The molecular weight excluding hydrogens is 446 g/mol. The van der Waals surface area contributed by atoms with Crippen LogP contribution < -0.4 is 21.8 Å². The van der Waals surface area contributed by atoms with E-state index in [4.69, 9.17) is 15.0 Å². The number of nitrogens with two attached hydrogens (primary N) is 1. The maximum absolute atomic E-state index is 13.1. The van der Waals surface area contributed by atoms with Gasteiger partial charge in [-0.25, -0.2) is 14.5 Å². The fourth-order valence-corrected chi connectivity index (χ4v) is 5.41. The topological polar surface area (TPSA) is 100 Å². The number of rotatable bonds is 5. The minimum Gasteiger partial charge on any atom is -0.497 e. The van der Waals surface area contributed by atoms with Crippen LogP contribution in [0.25, 0.3) is 32.3 Å². The van der Waals surface area contributed by atoms with Crippen molar-refractivity contribution in [3.8, 4) is 16.9 Å². The van der Waals surface area contributed by atoms with Gasteiger partial charge in [0.25, 0.3) is 5.56 Å². The third kappa shape index (κ3) is 3.55. The van der Waals surface area contributed by atoms with Crippen LogP contribution in [0.3, 0.4) is 0 Å². The fourth-order valence-electron chi connectivity index (χ4n) is 3.52. The van der Waals surface area contributed by atoms with Crippen molar-refractivity contribution in [1.82, 2.24) is 9.66 Å². The van der Waals surface area contributed by atoms with Gasteiger partial charge in [-0.1, -0.05) is 42.1 Å². The number of benzene rings is 2. The van der Waals surface area contributed by atoms with Crippen molar-refractivity contribution in [3.63, 3.8) is 0 Å². The Bertz CT molecular complexity index is 1570. The normalized spacial score (nSPS) is 11.3. The molecule has 5 aromatic rings. The van der Waals surface area contributed by atoms with Gasteiger partial charge in [0.2, 0.25) is 0 Å². The second-order valence-corrected chi connectivity index (χ2v) is 8.81. The summed E-state index contributed by atoms with van der Waals surface area (Å²) in [5.41, 5.74) is 2.19. The summed E-state index contributed by atoms with van der Waals surface area (Å²) in [5.74, 6) is 7.11. The summed E-state index contributed by atoms with van der Waals surface area (Å²) in [4.78, 5) is 30.4. The molecule has 3 aromatic heterocycles. The van der Waals surface area contributed by atoms with Crippen LogP contribution in [-0.4, -0.2) is 16.8 Å². The predicted octanol–water partition coefficient (Wildman–Crippen LogP) is 4.25. The van der Waals surface area contributed by atoms with Crippen molar-refractivity contribution >= 4 is 44.3 Å². The molecule has 2 N–H and O–H groups in total. The lowest BCUT2D eigenvalue weighted by molar-refractivity contribution is 0.414. The average Bonchev–Trinajstić information content (AvgIpc) is 3.24. The van der Waals surface area contributed by atoms with E-state index in [1.165, 1.54) is 29.2 Å². The number of nitrogens with zero attached hydrogens (tertiary/aromatic N) is 2. The van der Waals surface area contributed by atoms with Gasteiger partial charge in [-0.3, -0.25) is 4.79 Å². The van der Waals surface area contributed by atoms with Crippen molar-refractivity contribution in [2.45, 2.75) is 10.9 Å². The number of hydrogen-bond donors (Lipinski definition) is 1. The van der Waals surface area contributed by atoms with E-state index in [0.29, 0.717) is 32.5 Å². The fraction of sp³-hybridized carbons (Fsp3) is 0.0870. The molecule has 0 aliphatic heterocycles. The molecule has 0 unspecified atom stereocenters. The van der Waals surface area contributed by atoms with Crippen molar-refractivity contribution < 1.29 is 9.15 Å². The first-order valence-corrected chi connectivity index (χ1v) is 11.5. The van der Waals surface area contributed by atoms with E-state index in [9.17, 15) is 9.59 Å². The third-order valence-electron chi connectivity index (χ3n) is 5.09. The molecule has 0 radical (unpaired) electrons. The van der Waals surface area contributed by atoms with Crippen molar-refractivity contribution in [2.75, 3.05) is 13.0 Å². The highest BCUT2D eigenvalue weighted by Crippen LogP contribution is 2.33. The molecule has 32 heavy (non-hydrogen) atoms. The molecule has 0 saturated carbocycles. The van der Waals surface area contributed by atoms with Gasteiger partial charge in [-0.2, -0.15) is 0 Å². The standard InChI is InChI=1S/C23H17N3O4S2/c1-29-15-7-8-16-14(9-19(27)30-18(16)10-15)11-32-23-25-21-20(22(28)26(23)24)17(12-31-21)13-5-3-2-4-6-13/h2-10,12H,11,24H2,1H3. The van der Waals surface area contributed by atoms with Crippen LogP contribution in [-0.2, 0) is 5.75 Å². The van der Waals surface area contributed by atoms with Crippen molar-refractivity contribution in [1.29, 1.82) is 0 Å². The second kappa shape index (κ2) is 8.18. The van der Waals surface area contributed by atoms with Crippen LogP contribution >= 0.6 is 23.1 Å². The summed E-state index contributed by atoms with van der Waals surface area (Å²) in [5, 5.41) is 3.59. The Hall–Kier alpha value is -3.56. The van der Waals surface area contributed by atoms with Gasteiger partial charge >= 0.3 is 5.63 Å². The first-order chi connectivity index (χ1) is 15.5. The molecule has 0 spiro atoms. The summed E-state index contributed by atoms with van der Waals surface area (Å²) >= 11 is 2.69. The minimum atomic E-state index is -0.458. The lowest BCUT2D eigenvalue weighted by Gasteiger charge is -2.09. The number of hydrogen-bond acceptors (Lipinski definition) is 8. The van der Waals surface area contributed by atoms with Gasteiger partial charge in [0, 0.05) is 34.2 Å². The zero-order valence-corrected chi connectivity index (χ0v) is 18.5. The maximum Gasteiger partial charge on any atom is 0.336 e. The highest BCUT2D eigenvalue weighted by Gasteiger charge is 2.17. The smallest absolute Gasteiger partial charge is 0.336 e. The summed E-state index contributed by atoms with van der Waals surface area (Å²) in [7, 11) is 1.55. The van der Waals surface area contributed by atoms with E-state index in [1.807, 2.05) is 41.8 Å². The molecule has 5 rings (SSSR count). The van der Waals surface area contributed by atoms with Gasteiger partial charge in [-0.05, 0) is 23.3 Å². The van der Waals surface area contributed by atoms with Crippen LogP contribution in [0.15, 0.2) is 79.1 Å². The Kier molecular flexibility index (Phi) is 5.20. The van der Waals surface area contributed by atoms with Gasteiger partial charge in [0.05, 0.1) is 12.5 Å². The van der Waals surface area contributed by atoms with Crippen LogP contribution in [0.1, 0.15) is 5.56 Å². The molecule has 160 valence electrons. The summed E-state index contributed by atoms with van der Waals surface area (Å²) < 4.78 is 11.6. The molecule has 0 aliphatic carbocycles. The monoisotopic (exact) mass is 463 g/mol. The molecule has 0 amide bonds. The number of nitrogen functional groups attached to an aromatic ring is 1. The molecule has 0 fully saturated rings. The van der Waals surface area contributed by atoms with Gasteiger partial charge in [0.15, 0.2) is 5.16 Å². The van der Waals surface area contributed by atoms with E-state index < -0.39 is 5.63 Å². The number of fused-ring (bicyclic) bond motifs is 2. The summed E-state index contributed by atoms with van der Waals surface area (Å²) in [6, 6.07) is 16.4. The van der Waals surface area contributed by atoms with E-state index in [0.717, 1.165) is 26.8 Å². The van der Waals surface area contributed by atoms with Gasteiger partial charge in [-0.15, -0.1) is 11.3 Å². The molecule has 0 atom stereocenters. The number of aromatic nitrogens is 2. The molecule has 0 aliphatic rings. The van der Waals surface area contributed by atoms with Crippen LogP contribution in [0, 0.1) is 0 Å². The largest absolute Gasteiger partial charge is 0.497 e. The first kappa shape index (κ1) is 20.3. The zero-order chi connectivity index (χ0) is 22.2. The minimum absolute atomic E-state index is 0.306. The maximum atomic E-state index is 13.1. The van der Waals surface area contributed by atoms with E-state index in [1.54, 1.807) is 19.2 Å². The molecule has 3 heterocycles. The SMILES string of the molecule is COc1ccc2c(CSc3nc4scc(-c5ccccc5)c4c(=O)n3N)cc(=O)oc2c1. The second-order valence-electron chi connectivity index (χ2n) is 7.01. The van der Waals surface area contributed by atoms with Gasteiger partial charge < -0.3 is 15.0 Å². The molecule has 0 saturated heterocycles. The van der Waals surface area contributed by atoms with E-state index >= 15 is 0 Å². The summed E-state index contributed by atoms with van der Waals surface area (Å²) in [6.07, 6.45) is 0. The summed E-state index contributed by atoms with van der Waals surface area (Å²) in [6.45, 7) is 0. The Morgan fingerprint density at radius 2 is 1.97 bits per heavy atom. The quantitative estimate of drug-likeness (QED) is 0.180. The Balaban J connectivity index is 1.53. The lowest BCUT2D eigenvalue weighted by Crippen LogP contribution is -2.29. The van der Waals surface area contributed by atoms with Crippen LogP contribution in [0.4, 0.5) is 0 Å². The van der Waals surface area contributed by atoms with Crippen molar-refractivity contribution in [2.24, 2.45) is 0 Å². The molecule has 2 aromatic carbocycles. The highest BCUT2D eigenvalue weighted by molar-refractivity contribution is 7.98. The molecule has 7 nitrogen and oxygen atoms in total. The van der Waals surface area contributed by atoms with Crippen LogP contribution in [0.2, 0.25) is 0 Å². The number of thiophene rings is 1. The first-order valence-electron chi connectivity index (χ1n) is 9.63. The Morgan fingerprint density at radius 3 is 2.75 bits per heavy atom. The molecule has 9 heteroatoms. The van der Waals surface area contributed by atoms with Crippen LogP contribution in [0.5, 0.6) is 5.75 Å². The van der Waals surface area contributed by atoms with E-state index in [-0.39, 0.29) is 5.56 Å². The third-order valence-corrected chi connectivity index (χ3v) is 6.96. The number of methoxy groups -OCH3 is 1.